The van der Waals surface area contributed by atoms with E-state index in [2.05, 4.69) is 9.47 Å². The van der Waals surface area contributed by atoms with Gasteiger partial charge < -0.3 is 9.47 Å². The van der Waals surface area contributed by atoms with E-state index in [0.29, 0.717) is 13.0 Å². The molecule has 0 atom stereocenters. The number of anilines is 1. The monoisotopic (exact) mass is 399 g/mol. The lowest BCUT2D eigenvalue weighted by molar-refractivity contribution is -0.137. The number of carbonyl (C=O) groups excluding carboxylic acids is 1. The number of para-hydroxylation sites is 1. The molecular weight excluding hydrogens is 379 g/mol. The Morgan fingerprint density at radius 2 is 1.76 bits per heavy atom. The summed E-state index contributed by atoms with van der Waals surface area (Å²) in [7, 11) is 0. The molecule has 0 N–H and O–H groups in total. The van der Waals surface area contributed by atoms with E-state index >= 15 is 0 Å². The number of aromatic nitrogens is 2. The van der Waals surface area contributed by atoms with Crippen molar-refractivity contribution in [2.75, 3.05) is 18.0 Å². The lowest BCUT2D eigenvalue weighted by Gasteiger charge is -2.33. The summed E-state index contributed by atoms with van der Waals surface area (Å²) >= 11 is 0. The summed E-state index contributed by atoms with van der Waals surface area (Å²) in [6.45, 7) is 2.08. The van der Waals surface area contributed by atoms with E-state index in [-0.39, 0.29) is 11.7 Å². The third-order valence-corrected chi connectivity index (χ3v) is 6.07. The molecule has 1 saturated heterocycles. The van der Waals surface area contributed by atoms with Gasteiger partial charge in [-0.1, -0.05) is 24.3 Å². The first kappa shape index (κ1) is 18.2. The first-order valence-electron chi connectivity index (χ1n) is 9.86. The van der Waals surface area contributed by atoms with Crippen LogP contribution < -0.4 is 4.90 Å². The third-order valence-electron chi connectivity index (χ3n) is 6.07. The molecule has 2 aromatic carbocycles. The van der Waals surface area contributed by atoms with Crippen LogP contribution in [0.3, 0.4) is 0 Å². The Morgan fingerprint density at radius 1 is 1.00 bits per heavy atom. The van der Waals surface area contributed by atoms with Crippen LogP contribution in [0.1, 0.15) is 46.7 Å². The molecule has 0 aliphatic carbocycles. The van der Waals surface area contributed by atoms with Gasteiger partial charge in [0.1, 0.15) is 0 Å². The Kier molecular flexibility index (Phi) is 4.15. The Balaban J connectivity index is 1.39. The summed E-state index contributed by atoms with van der Waals surface area (Å²) < 4.78 is 41.2. The second-order valence-electron chi connectivity index (χ2n) is 7.79. The highest BCUT2D eigenvalue weighted by Crippen LogP contribution is 2.36. The molecule has 1 fully saturated rings. The van der Waals surface area contributed by atoms with Crippen molar-refractivity contribution in [3.8, 4) is 0 Å². The molecule has 29 heavy (non-hydrogen) atoms. The lowest BCUT2D eigenvalue weighted by Crippen LogP contribution is -2.35. The fourth-order valence-corrected chi connectivity index (χ4v) is 4.58. The van der Waals surface area contributed by atoms with Crippen molar-refractivity contribution in [3.63, 3.8) is 0 Å². The second kappa shape index (κ2) is 6.61. The minimum Gasteiger partial charge on any atom is -0.342 e. The van der Waals surface area contributed by atoms with E-state index in [1.54, 1.807) is 6.07 Å². The zero-order chi connectivity index (χ0) is 20.2. The van der Waals surface area contributed by atoms with Crippen LogP contribution in [-0.4, -0.2) is 28.4 Å². The minimum absolute atomic E-state index is 0.108. The average molecular weight is 399 g/mol. The number of hydrogen-bond acceptors (Lipinski definition) is 3. The highest BCUT2D eigenvalue weighted by atomic mass is 19.4. The quantitative estimate of drug-likeness (QED) is 0.607. The molecule has 2 aliphatic rings. The zero-order valence-electron chi connectivity index (χ0n) is 15.7. The van der Waals surface area contributed by atoms with Crippen LogP contribution in [0.4, 0.5) is 19.1 Å². The fraction of sp³-hybridized carbons (Fsp3) is 0.364. The van der Waals surface area contributed by atoms with Crippen molar-refractivity contribution < 1.29 is 18.0 Å². The number of nitrogens with zero attached hydrogens (tertiary/aromatic N) is 3. The molecule has 0 bridgehead atoms. The number of alkyl halides is 3. The minimum atomic E-state index is -4.32. The van der Waals surface area contributed by atoms with Crippen molar-refractivity contribution in [2.45, 2.75) is 37.9 Å². The van der Waals surface area contributed by atoms with Crippen LogP contribution in [0, 0.1) is 0 Å². The SMILES string of the molecule is O=C1CCn2c(N3CCC(c4cccc(C(F)(F)F)c4)CC3)nc3cccc1c32. The predicted octanol–water partition coefficient (Wildman–Crippen LogP) is 5.03. The molecule has 0 amide bonds. The average Bonchev–Trinajstić information content (AvgIpc) is 3.10. The maximum atomic E-state index is 13.0. The highest BCUT2D eigenvalue weighted by molar-refractivity contribution is 6.08. The normalized spacial score (nSPS) is 17.9. The fourth-order valence-electron chi connectivity index (χ4n) is 4.58. The van der Waals surface area contributed by atoms with E-state index in [1.165, 1.54) is 12.1 Å². The van der Waals surface area contributed by atoms with E-state index in [4.69, 9.17) is 4.98 Å². The molecule has 2 aliphatic heterocycles. The van der Waals surface area contributed by atoms with Crippen LogP contribution in [0.15, 0.2) is 42.5 Å². The van der Waals surface area contributed by atoms with Gasteiger partial charge >= 0.3 is 6.18 Å². The smallest absolute Gasteiger partial charge is 0.342 e. The van der Waals surface area contributed by atoms with E-state index < -0.39 is 11.7 Å². The molecule has 3 heterocycles. The molecular formula is C22H20F3N3O. The first-order valence-corrected chi connectivity index (χ1v) is 9.86. The van der Waals surface area contributed by atoms with Gasteiger partial charge in [0, 0.05) is 31.6 Å². The summed E-state index contributed by atoms with van der Waals surface area (Å²) in [4.78, 5) is 19.2. The van der Waals surface area contributed by atoms with Crippen LogP contribution in [0.2, 0.25) is 0 Å². The number of hydrogen-bond donors (Lipinski definition) is 0. The summed E-state index contributed by atoms with van der Waals surface area (Å²) in [6, 6.07) is 11.3. The standard InChI is InChI=1S/C22H20F3N3O/c23-22(24,25)16-4-1-3-15(13-16)14-7-10-27(11-8-14)21-26-18-6-2-5-17-19(29)9-12-28(21)20(17)18/h1-6,13-14H,7-12H2. The molecule has 150 valence electrons. The second-order valence-corrected chi connectivity index (χ2v) is 7.79. The Hall–Kier alpha value is -2.83. The van der Waals surface area contributed by atoms with Crippen molar-refractivity contribution in [1.29, 1.82) is 0 Å². The van der Waals surface area contributed by atoms with Crippen molar-refractivity contribution in [3.05, 3.63) is 59.2 Å². The van der Waals surface area contributed by atoms with E-state index in [1.807, 2.05) is 18.2 Å². The Bertz CT molecular complexity index is 1090. The number of Topliss-reactive ketones (excluding diaryl/α,β-unsaturated/α-hetero) is 1. The van der Waals surface area contributed by atoms with Crippen molar-refractivity contribution in [1.82, 2.24) is 9.55 Å². The van der Waals surface area contributed by atoms with Crippen LogP contribution >= 0.6 is 0 Å². The number of piperidine rings is 1. The van der Waals surface area contributed by atoms with E-state index in [9.17, 15) is 18.0 Å². The first-order chi connectivity index (χ1) is 13.9. The maximum absolute atomic E-state index is 13.0. The summed E-state index contributed by atoms with van der Waals surface area (Å²) in [5.74, 6) is 1.12. The zero-order valence-corrected chi connectivity index (χ0v) is 15.7. The van der Waals surface area contributed by atoms with Crippen LogP contribution in [-0.2, 0) is 12.7 Å². The number of ketones is 1. The van der Waals surface area contributed by atoms with Gasteiger partial charge in [-0.05, 0) is 42.5 Å². The molecule has 0 spiro atoms. The van der Waals surface area contributed by atoms with Gasteiger partial charge in [-0.15, -0.1) is 0 Å². The van der Waals surface area contributed by atoms with Gasteiger partial charge in [0.15, 0.2) is 5.78 Å². The number of imidazole rings is 1. The largest absolute Gasteiger partial charge is 0.416 e. The lowest BCUT2D eigenvalue weighted by atomic mass is 9.88. The van der Waals surface area contributed by atoms with Gasteiger partial charge in [-0.2, -0.15) is 13.2 Å². The topological polar surface area (TPSA) is 38.1 Å². The van der Waals surface area contributed by atoms with E-state index in [0.717, 1.165) is 60.1 Å². The number of benzene rings is 2. The molecule has 5 rings (SSSR count). The predicted molar refractivity (Wildman–Crippen MR) is 104 cm³/mol. The van der Waals surface area contributed by atoms with Gasteiger partial charge in [0.25, 0.3) is 0 Å². The van der Waals surface area contributed by atoms with Crippen LogP contribution in [0.5, 0.6) is 0 Å². The number of aryl methyl sites for hydroxylation is 1. The third kappa shape index (κ3) is 3.09. The molecule has 0 radical (unpaired) electrons. The van der Waals surface area contributed by atoms with Crippen molar-refractivity contribution >= 4 is 22.8 Å². The number of rotatable bonds is 2. The molecule has 0 saturated carbocycles. The molecule has 4 nitrogen and oxygen atoms in total. The Morgan fingerprint density at radius 3 is 2.52 bits per heavy atom. The molecule has 0 unspecified atom stereocenters. The maximum Gasteiger partial charge on any atom is 0.416 e. The Labute approximate surface area is 165 Å². The van der Waals surface area contributed by atoms with Gasteiger partial charge in [-0.3, -0.25) is 4.79 Å². The van der Waals surface area contributed by atoms with Gasteiger partial charge in [0.2, 0.25) is 5.95 Å². The summed E-state index contributed by atoms with van der Waals surface area (Å²) in [5.41, 5.74) is 2.62. The molecule has 3 aromatic rings. The van der Waals surface area contributed by atoms with Crippen LogP contribution in [0.25, 0.3) is 11.0 Å². The van der Waals surface area contributed by atoms with Crippen molar-refractivity contribution in [2.24, 2.45) is 0 Å². The molecule has 7 heteroatoms. The number of carbonyl (C=O) groups is 1. The van der Waals surface area contributed by atoms with Gasteiger partial charge in [0.05, 0.1) is 16.6 Å². The number of halogens is 3. The molecule has 1 aromatic heterocycles. The highest BCUT2D eigenvalue weighted by Gasteiger charge is 2.32. The van der Waals surface area contributed by atoms with Gasteiger partial charge in [-0.25, -0.2) is 4.98 Å². The summed E-state index contributed by atoms with van der Waals surface area (Å²) in [6.07, 6.45) is -2.30. The summed E-state index contributed by atoms with van der Waals surface area (Å²) in [5, 5.41) is 0.